The molecule has 7 nitrogen and oxygen atoms in total. The first-order valence-corrected chi connectivity index (χ1v) is 6.99. The molecule has 4 N–H and O–H groups in total. The van der Waals surface area contributed by atoms with Gasteiger partial charge in [0.25, 0.3) is 5.91 Å². The molecule has 0 spiro atoms. The summed E-state index contributed by atoms with van der Waals surface area (Å²) in [6.07, 6.45) is 1.64. The van der Waals surface area contributed by atoms with E-state index in [-0.39, 0.29) is 11.9 Å². The van der Waals surface area contributed by atoms with Gasteiger partial charge < -0.3 is 20.3 Å². The number of nitrogens with zero attached hydrogens (tertiary/aromatic N) is 3. The highest BCUT2D eigenvalue weighted by molar-refractivity contribution is 5.99. The lowest BCUT2D eigenvalue weighted by Crippen LogP contribution is -2.41. The standard InChI is InChI=1S/C14H23N5O2/c1-9-4-13(17-15)12(6-16-9)14(21)19-8-11(20)5-10(19)7-18(2)3/h4,6,10-11,20H,5,7-8,15H2,1-3H3,(H,16,17). The number of rotatable bonds is 4. The Morgan fingerprint density at radius 2 is 2.33 bits per heavy atom. The van der Waals surface area contributed by atoms with Crippen molar-refractivity contribution in [2.24, 2.45) is 5.84 Å². The van der Waals surface area contributed by atoms with Crippen LogP contribution in [0, 0.1) is 6.92 Å². The number of likely N-dealkylation sites (N-methyl/N-ethyl adjacent to an activating group) is 1. The summed E-state index contributed by atoms with van der Waals surface area (Å²) in [7, 11) is 3.90. The number of likely N-dealkylation sites (tertiary alicyclic amines) is 1. The van der Waals surface area contributed by atoms with Gasteiger partial charge in [-0.25, -0.2) is 0 Å². The van der Waals surface area contributed by atoms with E-state index in [1.165, 1.54) is 6.20 Å². The van der Waals surface area contributed by atoms with Crippen molar-refractivity contribution < 1.29 is 9.90 Å². The van der Waals surface area contributed by atoms with Crippen LogP contribution in [0.25, 0.3) is 0 Å². The van der Waals surface area contributed by atoms with Crippen LogP contribution in [-0.4, -0.2) is 65.1 Å². The molecule has 1 amide bonds. The fraction of sp³-hybridized carbons (Fsp3) is 0.571. The molecule has 1 aliphatic heterocycles. The fourth-order valence-corrected chi connectivity index (χ4v) is 2.74. The number of anilines is 1. The highest BCUT2D eigenvalue weighted by atomic mass is 16.3. The number of nitrogens with two attached hydrogens (primary N) is 1. The number of aromatic nitrogens is 1. The van der Waals surface area contributed by atoms with Crippen molar-refractivity contribution in [3.05, 3.63) is 23.5 Å². The lowest BCUT2D eigenvalue weighted by molar-refractivity contribution is 0.0699. The van der Waals surface area contributed by atoms with Crippen molar-refractivity contribution in [3.63, 3.8) is 0 Å². The monoisotopic (exact) mass is 293 g/mol. The maximum atomic E-state index is 12.7. The molecule has 21 heavy (non-hydrogen) atoms. The number of β-amino-alcohol motifs (C(OH)–C–C–N with tert-alkyl or cyclic N) is 1. The molecular formula is C14H23N5O2. The molecule has 1 saturated heterocycles. The average Bonchev–Trinajstić information content (AvgIpc) is 2.77. The minimum Gasteiger partial charge on any atom is -0.391 e. The number of nitrogen functional groups attached to an aromatic ring is 1. The first-order chi connectivity index (χ1) is 9.92. The molecule has 1 aliphatic rings. The molecule has 0 bridgehead atoms. The Morgan fingerprint density at radius 3 is 2.95 bits per heavy atom. The summed E-state index contributed by atoms with van der Waals surface area (Å²) >= 11 is 0. The molecule has 116 valence electrons. The van der Waals surface area contributed by atoms with Crippen molar-refractivity contribution in [1.29, 1.82) is 0 Å². The minimum absolute atomic E-state index is 0.00516. The number of aliphatic hydroxyl groups is 1. The smallest absolute Gasteiger partial charge is 0.257 e. The predicted molar refractivity (Wildman–Crippen MR) is 80.8 cm³/mol. The van der Waals surface area contributed by atoms with E-state index in [1.54, 1.807) is 11.0 Å². The topological polar surface area (TPSA) is 94.7 Å². The van der Waals surface area contributed by atoms with E-state index in [0.717, 1.165) is 5.69 Å². The second-order valence-electron chi connectivity index (χ2n) is 5.78. The lowest BCUT2D eigenvalue weighted by Gasteiger charge is -2.27. The summed E-state index contributed by atoms with van der Waals surface area (Å²) < 4.78 is 0. The van der Waals surface area contributed by atoms with E-state index < -0.39 is 6.10 Å². The van der Waals surface area contributed by atoms with Gasteiger partial charge in [0.1, 0.15) is 0 Å². The highest BCUT2D eigenvalue weighted by Crippen LogP contribution is 2.24. The minimum atomic E-state index is -0.480. The number of carbonyl (C=O) groups is 1. The summed E-state index contributed by atoms with van der Waals surface area (Å²) in [5.74, 6) is 5.34. The van der Waals surface area contributed by atoms with Gasteiger partial charge in [-0.2, -0.15) is 0 Å². The maximum Gasteiger partial charge on any atom is 0.257 e. The Hall–Kier alpha value is -1.70. The number of aliphatic hydroxyl groups excluding tert-OH is 1. The van der Waals surface area contributed by atoms with Crippen LogP contribution in [0.1, 0.15) is 22.5 Å². The zero-order chi connectivity index (χ0) is 15.6. The van der Waals surface area contributed by atoms with E-state index in [9.17, 15) is 9.90 Å². The number of hydrogen-bond acceptors (Lipinski definition) is 6. The van der Waals surface area contributed by atoms with Crippen LogP contribution in [0.5, 0.6) is 0 Å². The summed E-state index contributed by atoms with van der Waals surface area (Å²) in [4.78, 5) is 20.6. The van der Waals surface area contributed by atoms with Gasteiger partial charge in [0.05, 0.1) is 17.4 Å². The Labute approximate surface area is 124 Å². The van der Waals surface area contributed by atoms with Gasteiger partial charge in [-0.1, -0.05) is 0 Å². The van der Waals surface area contributed by atoms with Crippen LogP contribution in [0.3, 0.4) is 0 Å². The van der Waals surface area contributed by atoms with Gasteiger partial charge in [-0.15, -0.1) is 0 Å². The van der Waals surface area contributed by atoms with E-state index in [4.69, 9.17) is 5.84 Å². The fourth-order valence-electron chi connectivity index (χ4n) is 2.74. The van der Waals surface area contributed by atoms with Crippen molar-refractivity contribution in [2.75, 3.05) is 32.6 Å². The van der Waals surface area contributed by atoms with Crippen molar-refractivity contribution >= 4 is 11.6 Å². The van der Waals surface area contributed by atoms with Gasteiger partial charge in [-0.05, 0) is 33.5 Å². The number of hydrazine groups is 1. The van der Waals surface area contributed by atoms with Gasteiger partial charge >= 0.3 is 0 Å². The number of carbonyl (C=O) groups excluding carboxylic acids is 1. The Bertz CT molecular complexity index is 520. The van der Waals surface area contributed by atoms with Crippen LogP contribution in [0.4, 0.5) is 5.69 Å². The zero-order valence-corrected chi connectivity index (χ0v) is 12.7. The normalized spacial score (nSPS) is 21.9. The van der Waals surface area contributed by atoms with Crippen LogP contribution < -0.4 is 11.3 Å². The molecule has 0 saturated carbocycles. The third-order valence-corrected chi connectivity index (χ3v) is 3.66. The molecule has 7 heteroatoms. The second-order valence-corrected chi connectivity index (χ2v) is 5.78. The number of aryl methyl sites for hydroxylation is 1. The molecular weight excluding hydrogens is 270 g/mol. The van der Waals surface area contributed by atoms with Gasteiger partial charge in [0, 0.05) is 31.0 Å². The molecule has 2 heterocycles. The van der Waals surface area contributed by atoms with Gasteiger partial charge in [0.15, 0.2) is 0 Å². The van der Waals surface area contributed by atoms with Crippen LogP contribution in [0.15, 0.2) is 12.3 Å². The van der Waals surface area contributed by atoms with E-state index in [2.05, 4.69) is 10.4 Å². The number of nitrogens with one attached hydrogen (secondary N) is 1. The first-order valence-electron chi connectivity index (χ1n) is 6.99. The summed E-state index contributed by atoms with van der Waals surface area (Å²) in [6, 6.07) is 1.73. The van der Waals surface area contributed by atoms with Crippen LogP contribution in [-0.2, 0) is 0 Å². The quantitative estimate of drug-likeness (QED) is 0.526. The van der Waals surface area contributed by atoms with E-state index in [0.29, 0.717) is 30.8 Å². The average molecular weight is 293 g/mol. The predicted octanol–water partition coefficient (Wildman–Crippen LogP) is -0.187. The van der Waals surface area contributed by atoms with Gasteiger partial charge in [0.2, 0.25) is 0 Å². The largest absolute Gasteiger partial charge is 0.391 e. The number of hydrogen-bond donors (Lipinski definition) is 3. The molecule has 1 aromatic rings. The molecule has 1 fully saturated rings. The molecule has 2 atom stereocenters. The van der Waals surface area contributed by atoms with Crippen LogP contribution >= 0.6 is 0 Å². The van der Waals surface area contributed by atoms with Crippen molar-refractivity contribution in [3.8, 4) is 0 Å². The summed E-state index contributed by atoms with van der Waals surface area (Å²) in [5, 5.41) is 9.88. The molecule has 1 aromatic heterocycles. The molecule has 2 rings (SSSR count). The lowest BCUT2D eigenvalue weighted by atomic mass is 10.1. The van der Waals surface area contributed by atoms with Crippen molar-refractivity contribution in [1.82, 2.24) is 14.8 Å². The maximum absolute atomic E-state index is 12.7. The van der Waals surface area contributed by atoms with E-state index in [1.807, 2.05) is 25.9 Å². The Kier molecular flexibility index (Phi) is 4.76. The third kappa shape index (κ3) is 3.49. The Morgan fingerprint density at radius 1 is 1.62 bits per heavy atom. The molecule has 0 radical (unpaired) electrons. The zero-order valence-electron chi connectivity index (χ0n) is 12.7. The number of pyridine rings is 1. The molecule has 0 aromatic carbocycles. The second kappa shape index (κ2) is 6.38. The number of amides is 1. The van der Waals surface area contributed by atoms with Gasteiger partial charge in [-0.3, -0.25) is 15.6 Å². The summed E-state index contributed by atoms with van der Waals surface area (Å²) in [6.45, 7) is 2.90. The van der Waals surface area contributed by atoms with Crippen molar-refractivity contribution in [2.45, 2.75) is 25.5 Å². The van der Waals surface area contributed by atoms with Crippen LogP contribution in [0.2, 0.25) is 0 Å². The SMILES string of the molecule is Cc1cc(NN)c(C(=O)N2CC(O)CC2CN(C)C)cn1. The molecule has 2 unspecified atom stereocenters. The highest BCUT2D eigenvalue weighted by Gasteiger charge is 2.35. The first kappa shape index (κ1) is 15.7. The summed E-state index contributed by atoms with van der Waals surface area (Å²) in [5.41, 5.74) is 4.32. The molecule has 0 aliphatic carbocycles. The Balaban J connectivity index is 2.25. The third-order valence-electron chi connectivity index (χ3n) is 3.66. The van der Waals surface area contributed by atoms with E-state index >= 15 is 0 Å².